The first kappa shape index (κ1) is 13.2. The number of hydrogen-bond donors (Lipinski definition) is 3. The maximum absolute atomic E-state index is 11.4. The van der Waals surface area contributed by atoms with E-state index in [0.29, 0.717) is 34.8 Å². The Morgan fingerprint density at radius 2 is 2.22 bits per heavy atom. The molecule has 0 saturated heterocycles. The van der Waals surface area contributed by atoms with Gasteiger partial charge in [0.2, 0.25) is 0 Å². The molecule has 5 heteroatoms. The summed E-state index contributed by atoms with van der Waals surface area (Å²) >= 11 is 6.01. The Morgan fingerprint density at radius 1 is 1.44 bits per heavy atom. The van der Waals surface area contributed by atoms with Crippen LogP contribution >= 0.6 is 11.6 Å². The van der Waals surface area contributed by atoms with Crippen molar-refractivity contribution in [1.29, 1.82) is 0 Å². The third kappa shape index (κ3) is 2.60. The van der Waals surface area contributed by atoms with E-state index in [2.05, 4.69) is 5.32 Å². The topological polar surface area (TPSA) is 81.1 Å². The van der Waals surface area contributed by atoms with Crippen LogP contribution < -0.4 is 16.8 Å². The van der Waals surface area contributed by atoms with E-state index < -0.39 is 5.91 Å². The highest BCUT2D eigenvalue weighted by molar-refractivity contribution is 6.34. The second-order valence-electron chi connectivity index (χ2n) is 4.70. The molecular formula is C13H18ClN3O. The van der Waals surface area contributed by atoms with Crippen LogP contribution in [-0.2, 0) is 0 Å². The minimum Gasteiger partial charge on any atom is -0.381 e. The van der Waals surface area contributed by atoms with Gasteiger partial charge in [-0.05, 0) is 37.4 Å². The van der Waals surface area contributed by atoms with Crippen molar-refractivity contribution in [3.8, 4) is 0 Å². The van der Waals surface area contributed by atoms with Crippen molar-refractivity contribution in [2.45, 2.75) is 25.3 Å². The lowest BCUT2D eigenvalue weighted by molar-refractivity contribution is 0.100. The third-order valence-electron chi connectivity index (χ3n) is 3.56. The molecule has 0 radical (unpaired) electrons. The van der Waals surface area contributed by atoms with Crippen LogP contribution in [0.3, 0.4) is 0 Å². The maximum Gasteiger partial charge on any atom is 0.252 e. The molecule has 0 aliphatic heterocycles. The van der Waals surface area contributed by atoms with E-state index >= 15 is 0 Å². The van der Waals surface area contributed by atoms with Gasteiger partial charge in [-0.3, -0.25) is 4.79 Å². The van der Waals surface area contributed by atoms with E-state index in [1.54, 1.807) is 6.07 Å². The monoisotopic (exact) mass is 267 g/mol. The lowest BCUT2D eigenvalue weighted by Gasteiger charge is -2.22. The summed E-state index contributed by atoms with van der Waals surface area (Å²) in [6.45, 7) is 0.657. The van der Waals surface area contributed by atoms with Gasteiger partial charge in [-0.15, -0.1) is 0 Å². The van der Waals surface area contributed by atoms with Crippen LogP contribution in [0.4, 0.5) is 5.69 Å². The van der Waals surface area contributed by atoms with E-state index in [1.165, 1.54) is 0 Å². The van der Waals surface area contributed by atoms with Crippen LogP contribution in [0.2, 0.25) is 5.02 Å². The molecule has 4 nitrogen and oxygen atoms in total. The molecule has 0 bridgehead atoms. The molecule has 2 atom stereocenters. The average Bonchev–Trinajstić information content (AvgIpc) is 2.76. The number of hydrogen-bond acceptors (Lipinski definition) is 3. The summed E-state index contributed by atoms with van der Waals surface area (Å²) in [4.78, 5) is 11.4. The maximum atomic E-state index is 11.4. The first-order valence-electron chi connectivity index (χ1n) is 6.18. The minimum atomic E-state index is -0.509. The number of anilines is 1. The highest BCUT2D eigenvalue weighted by atomic mass is 35.5. The van der Waals surface area contributed by atoms with E-state index in [-0.39, 0.29) is 0 Å². The van der Waals surface area contributed by atoms with Crippen molar-refractivity contribution in [2.24, 2.45) is 17.4 Å². The number of nitrogens with two attached hydrogens (primary N) is 2. The number of halogens is 1. The highest BCUT2D eigenvalue weighted by Crippen LogP contribution is 2.31. The molecular weight excluding hydrogens is 250 g/mol. The molecule has 1 fully saturated rings. The number of carbonyl (C=O) groups excluding carboxylic acids is 1. The van der Waals surface area contributed by atoms with Gasteiger partial charge in [0, 0.05) is 11.7 Å². The van der Waals surface area contributed by atoms with Gasteiger partial charge in [0.1, 0.15) is 0 Å². The number of rotatable bonds is 4. The summed E-state index contributed by atoms with van der Waals surface area (Å²) in [5, 5.41) is 3.75. The number of nitrogens with one attached hydrogen (secondary N) is 1. The molecule has 1 saturated carbocycles. The lowest BCUT2D eigenvalue weighted by Crippen LogP contribution is -2.30. The van der Waals surface area contributed by atoms with Gasteiger partial charge in [-0.25, -0.2) is 0 Å². The number of primary amides is 1. The van der Waals surface area contributed by atoms with Gasteiger partial charge >= 0.3 is 0 Å². The van der Waals surface area contributed by atoms with Crippen LogP contribution in [0.5, 0.6) is 0 Å². The van der Waals surface area contributed by atoms with Crippen molar-refractivity contribution < 1.29 is 4.79 Å². The Balaban J connectivity index is 2.23. The molecule has 1 aliphatic rings. The van der Waals surface area contributed by atoms with Crippen molar-refractivity contribution in [3.05, 3.63) is 28.8 Å². The van der Waals surface area contributed by atoms with Crippen LogP contribution in [0.25, 0.3) is 0 Å². The van der Waals surface area contributed by atoms with Crippen LogP contribution in [-0.4, -0.2) is 18.5 Å². The van der Waals surface area contributed by atoms with E-state index in [4.69, 9.17) is 23.1 Å². The van der Waals surface area contributed by atoms with Crippen LogP contribution in [0.1, 0.15) is 29.6 Å². The zero-order valence-corrected chi connectivity index (χ0v) is 10.9. The predicted molar refractivity (Wildman–Crippen MR) is 73.8 cm³/mol. The van der Waals surface area contributed by atoms with Crippen LogP contribution in [0.15, 0.2) is 18.2 Å². The molecule has 1 aromatic rings. The molecule has 0 spiro atoms. The number of amides is 1. The summed E-state index contributed by atoms with van der Waals surface area (Å²) in [7, 11) is 0. The molecule has 0 aromatic heterocycles. The molecule has 0 heterocycles. The van der Waals surface area contributed by atoms with Gasteiger partial charge in [0.05, 0.1) is 10.6 Å². The number of carbonyl (C=O) groups is 1. The highest BCUT2D eigenvalue weighted by Gasteiger charge is 2.27. The fourth-order valence-corrected chi connectivity index (χ4v) is 2.87. The first-order valence-corrected chi connectivity index (χ1v) is 6.56. The molecule has 1 amide bonds. The van der Waals surface area contributed by atoms with Gasteiger partial charge in [0.25, 0.3) is 5.91 Å². The largest absolute Gasteiger partial charge is 0.381 e. The van der Waals surface area contributed by atoms with Crippen molar-refractivity contribution >= 4 is 23.2 Å². The Kier molecular flexibility index (Phi) is 4.09. The Labute approximate surface area is 112 Å². The van der Waals surface area contributed by atoms with E-state index in [0.717, 1.165) is 19.3 Å². The first-order chi connectivity index (χ1) is 8.63. The summed E-state index contributed by atoms with van der Waals surface area (Å²) < 4.78 is 0. The Bertz CT molecular complexity index is 450. The second kappa shape index (κ2) is 5.59. The van der Waals surface area contributed by atoms with E-state index in [1.807, 2.05) is 12.1 Å². The van der Waals surface area contributed by atoms with Crippen molar-refractivity contribution in [1.82, 2.24) is 0 Å². The third-order valence-corrected chi connectivity index (χ3v) is 3.88. The zero-order valence-electron chi connectivity index (χ0n) is 10.2. The van der Waals surface area contributed by atoms with Gasteiger partial charge in [-0.1, -0.05) is 24.1 Å². The summed E-state index contributed by atoms with van der Waals surface area (Å²) in [6, 6.07) is 5.61. The molecule has 1 aromatic carbocycles. The molecule has 5 N–H and O–H groups in total. The fourth-order valence-electron chi connectivity index (χ4n) is 2.60. The summed E-state index contributed by atoms with van der Waals surface area (Å²) in [5.74, 6) is -0.0601. The van der Waals surface area contributed by atoms with Gasteiger partial charge < -0.3 is 16.8 Å². The predicted octanol–water partition coefficient (Wildman–Crippen LogP) is 1.98. The zero-order chi connectivity index (χ0) is 13.1. The average molecular weight is 268 g/mol. The van der Waals surface area contributed by atoms with Crippen LogP contribution in [0, 0.1) is 5.92 Å². The quantitative estimate of drug-likeness (QED) is 0.780. The lowest BCUT2D eigenvalue weighted by atomic mass is 10.0. The molecule has 18 heavy (non-hydrogen) atoms. The fraction of sp³-hybridized carbons (Fsp3) is 0.462. The van der Waals surface area contributed by atoms with Gasteiger partial charge in [0.15, 0.2) is 0 Å². The minimum absolute atomic E-state index is 0.298. The summed E-state index contributed by atoms with van der Waals surface area (Å²) in [6.07, 6.45) is 3.35. The van der Waals surface area contributed by atoms with Crippen molar-refractivity contribution in [3.63, 3.8) is 0 Å². The Morgan fingerprint density at radius 3 is 2.89 bits per heavy atom. The Hall–Kier alpha value is -1.26. The molecule has 2 unspecified atom stereocenters. The standard InChI is InChI=1S/C13H18ClN3O/c14-9-4-2-6-11(12(9)13(16)18)17-10-5-1-3-8(10)7-15/h2,4,6,8,10,17H,1,3,5,7,15H2,(H2,16,18). The molecule has 2 rings (SSSR count). The normalized spacial score (nSPS) is 23.0. The van der Waals surface area contributed by atoms with E-state index in [9.17, 15) is 4.79 Å². The summed E-state index contributed by atoms with van der Waals surface area (Å²) in [5.41, 5.74) is 12.2. The molecule has 1 aliphatic carbocycles. The smallest absolute Gasteiger partial charge is 0.252 e. The molecule has 98 valence electrons. The second-order valence-corrected chi connectivity index (χ2v) is 5.11. The SMILES string of the molecule is NCC1CCCC1Nc1cccc(Cl)c1C(N)=O. The van der Waals surface area contributed by atoms with Crippen molar-refractivity contribution in [2.75, 3.05) is 11.9 Å². The van der Waals surface area contributed by atoms with Gasteiger partial charge in [-0.2, -0.15) is 0 Å². The number of benzene rings is 1.